The molecule has 8 heteroatoms. The maximum atomic E-state index is 12.1. The van der Waals surface area contributed by atoms with E-state index in [1.54, 1.807) is 30.3 Å². The standard InChI is InChI=1S/C18H15N3O5/c1-12(18(23)20-15-8-6-13(11-19)7-9-15)26-17(22)10-14-4-2-3-5-16(14)21(24)25/h2-9,12H,10H2,1H3,(H,20,23). The van der Waals surface area contributed by atoms with Crippen molar-refractivity contribution in [3.8, 4) is 6.07 Å². The highest BCUT2D eigenvalue weighted by molar-refractivity contribution is 5.95. The first-order chi connectivity index (χ1) is 12.4. The number of nitrogens with zero attached hydrogens (tertiary/aromatic N) is 2. The number of nitrogens with one attached hydrogen (secondary N) is 1. The number of esters is 1. The van der Waals surface area contributed by atoms with Crippen LogP contribution in [0.3, 0.4) is 0 Å². The SMILES string of the molecule is CC(OC(=O)Cc1ccccc1[N+](=O)[O-])C(=O)Nc1ccc(C#N)cc1. The van der Waals surface area contributed by atoms with Gasteiger partial charge in [-0.2, -0.15) is 5.26 Å². The highest BCUT2D eigenvalue weighted by Crippen LogP contribution is 2.18. The van der Waals surface area contributed by atoms with Crippen LogP contribution in [0.15, 0.2) is 48.5 Å². The number of nitro benzene ring substituents is 1. The second kappa shape index (κ2) is 8.39. The van der Waals surface area contributed by atoms with Crippen molar-refractivity contribution in [3.05, 3.63) is 69.8 Å². The monoisotopic (exact) mass is 353 g/mol. The lowest BCUT2D eigenvalue weighted by atomic mass is 10.1. The van der Waals surface area contributed by atoms with Crippen molar-refractivity contribution in [2.75, 3.05) is 5.32 Å². The molecule has 0 radical (unpaired) electrons. The van der Waals surface area contributed by atoms with Gasteiger partial charge in [0.2, 0.25) is 0 Å². The average molecular weight is 353 g/mol. The van der Waals surface area contributed by atoms with E-state index >= 15 is 0 Å². The van der Waals surface area contributed by atoms with Crippen LogP contribution in [0.5, 0.6) is 0 Å². The molecule has 2 aromatic carbocycles. The van der Waals surface area contributed by atoms with Crippen molar-refractivity contribution in [3.63, 3.8) is 0 Å². The summed E-state index contributed by atoms with van der Waals surface area (Å²) >= 11 is 0. The van der Waals surface area contributed by atoms with Crippen LogP contribution in [-0.2, 0) is 20.7 Å². The van der Waals surface area contributed by atoms with Crippen molar-refractivity contribution in [2.24, 2.45) is 0 Å². The Hall–Kier alpha value is -3.73. The summed E-state index contributed by atoms with van der Waals surface area (Å²) in [6.45, 7) is 1.40. The molecule has 0 spiro atoms. The summed E-state index contributed by atoms with van der Waals surface area (Å²) in [6.07, 6.45) is -1.40. The summed E-state index contributed by atoms with van der Waals surface area (Å²) < 4.78 is 5.04. The van der Waals surface area contributed by atoms with E-state index in [4.69, 9.17) is 10.00 Å². The molecule has 132 valence electrons. The second-order valence-corrected chi connectivity index (χ2v) is 5.37. The third kappa shape index (κ3) is 4.88. The number of rotatable bonds is 6. The van der Waals surface area contributed by atoms with Crippen LogP contribution < -0.4 is 5.32 Å². The van der Waals surface area contributed by atoms with Crippen LogP contribution in [0, 0.1) is 21.4 Å². The fourth-order valence-electron chi connectivity index (χ4n) is 2.16. The van der Waals surface area contributed by atoms with Crippen molar-refractivity contribution < 1.29 is 19.2 Å². The van der Waals surface area contributed by atoms with Crippen LogP contribution in [0.1, 0.15) is 18.1 Å². The maximum absolute atomic E-state index is 12.1. The van der Waals surface area contributed by atoms with Gasteiger partial charge >= 0.3 is 5.97 Å². The summed E-state index contributed by atoms with van der Waals surface area (Å²) in [5.74, 6) is -1.30. The Labute approximate surface area is 149 Å². The van der Waals surface area contributed by atoms with Gasteiger partial charge in [-0.05, 0) is 31.2 Å². The molecule has 0 fully saturated rings. The first kappa shape index (κ1) is 18.6. The molecular weight excluding hydrogens is 338 g/mol. The number of ether oxygens (including phenoxy) is 1. The van der Waals surface area contributed by atoms with E-state index in [0.717, 1.165) is 0 Å². The zero-order chi connectivity index (χ0) is 19.1. The van der Waals surface area contributed by atoms with Gasteiger partial charge < -0.3 is 10.1 Å². The number of nitriles is 1. The molecule has 1 amide bonds. The van der Waals surface area contributed by atoms with Crippen molar-refractivity contribution >= 4 is 23.3 Å². The van der Waals surface area contributed by atoms with Gasteiger partial charge in [-0.1, -0.05) is 18.2 Å². The second-order valence-electron chi connectivity index (χ2n) is 5.37. The highest BCUT2D eigenvalue weighted by atomic mass is 16.6. The van der Waals surface area contributed by atoms with Crippen LogP contribution >= 0.6 is 0 Å². The maximum Gasteiger partial charge on any atom is 0.311 e. The Balaban J connectivity index is 1.95. The van der Waals surface area contributed by atoms with Gasteiger partial charge in [0.15, 0.2) is 6.10 Å². The molecule has 0 aromatic heterocycles. The Morgan fingerprint density at radius 1 is 1.23 bits per heavy atom. The Morgan fingerprint density at radius 3 is 2.50 bits per heavy atom. The fraction of sp³-hybridized carbons (Fsp3) is 0.167. The molecule has 1 atom stereocenters. The molecule has 2 aromatic rings. The topological polar surface area (TPSA) is 122 Å². The van der Waals surface area contributed by atoms with E-state index in [-0.39, 0.29) is 17.7 Å². The minimum absolute atomic E-state index is 0.181. The number of hydrogen-bond donors (Lipinski definition) is 1. The molecule has 2 rings (SSSR count). The minimum atomic E-state index is -1.08. The molecule has 0 saturated carbocycles. The van der Waals surface area contributed by atoms with E-state index in [9.17, 15) is 19.7 Å². The molecule has 8 nitrogen and oxygen atoms in total. The predicted octanol–water partition coefficient (Wildman–Crippen LogP) is 2.58. The van der Waals surface area contributed by atoms with E-state index in [1.807, 2.05) is 6.07 Å². The Bertz CT molecular complexity index is 871. The number of benzene rings is 2. The molecule has 0 aliphatic carbocycles. The van der Waals surface area contributed by atoms with Gasteiger partial charge in [0.05, 0.1) is 23.0 Å². The average Bonchev–Trinajstić information content (AvgIpc) is 2.62. The molecule has 0 heterocycles. The summed E-state index contributed by atoms with van der Waals surface area (Å²) in [6, 6.07) is 14.0. The smallest absolute Gasteiger partial charge is 0.311 e. The first-order valence-electron chi connectivity index (χ1n) is 7.63. The molecule has 0 aliphatic heterocycles. The summed E-state index contributed by atoms with van der Waals surface area (Å²) in [7, 11) is 0. The minimum Gasteiger partial charge on any atom is -0.452 e. The van der Waals surface area contributed by atoms with Gasteiger partial charge in [0, 0.05) is 17.3 Å². The number of carbonyl (C=O) groups excluding carboxylic acids is 2. The van der Waals surface area contributed by atoms with Gasteiger partial charge in [0.1, 0.15) is 0 Å². The molecule has 26 heavy (non-hydrogen) atoms. The van der Waals surface area contributed by atoms with Gasteiger partial charge in [0.25, 0.3) is 11.6 Å². The Morgan fingerprint density at radius 2 is 1.88 bits per heavy atom. The lowest BCUT2D eigenvalue weighted by molar-refractivity contribution is -0.385. The summed E-state index contributed by atoms with van der Waals surface area (Å²) in [5, 5.41) is 22.2. The van der Waals surface area contributed by atoms with Gasteiger partial charge in [-0.25, -0.2) is 0 Å². The number of amides is 1. The molecule has 0 bridgehead atoms. The van der Waals surface area contributed by atoms with Crippen LogP contribution in [0.4, 0.5) is 11.4 Å². The molecule has 1 N–H and O–H groups in total. The lowest BCUT2D eigenvalue weighted by Gasteiger charge is -2.13. The number of nitro groups is 1. The van der Waals surface area contributed by atoms with Crippen molar-refractivity contribution in [1.82, 2.24) is 0 Å². The quantitative estimate of drug-likeness (QED) is 0.484. The van der Waals surface area contributed by atoms with Gasteiger partial charge in [-0.15, -0.1) is 0 Å². The fourth-order valence-corrected chi connectivity index (χ4v) is 2.16. The number of carbonyl (C=O) groups is 2. The number of hydrogen-bond acceptors (Lipinski definition) is 6. The van der Waals surface area contributed by atoms with Crippen LogP contribution in [0.25, 0.3) is 0 Å². The van der Waals surface area contributed by atoms with E-state index in [2.05, 4.69) is 5.32 Å². The predicted molar refractivity (Wildman–Crippen MR) is 92.1 cm³/mol. The Kier molecular flexibility index (Phi) is 6.01. The van der Waals surface area contributed by atoms with Crippen molar-refractivity contribution in [1.29, 1.82) is 5.26 Å². The molecule has 0 saturated heterocycles. The van der Waals surface area contributed by atoms with Crippen molar-refractivity contribution in [2.45, 2.75) is 19.4 Å². The molecule has 1 unspecified atom stereocenters. The lowest BCUT2D eigenvalue weighted by Crippen LogP contribution is -2.30. The zero-order valence-corrected chi connectivity index (χ0v) is 13.8. The first-order valence-corrected chi connectivity index (χ1v) is 7.63. The summed E-state index contributed by atoms with van der Waals surface area (Å²) in [4.78, 5) is 34.4. The van der Waals surface area contributed by atoms with Crippen LogP contribution in [0.2, 0.25) is 0 Å². The molecular formula is C18H15N3O5. The third-order valence-corrected chi connectivity index (χ3v) is 3.48. The van der Waals surface area contributed by atoms with Crippen LogP contribution in [-0.4, -0.2) is 22.9 Å². The zero-order valence-electron chi connectivity index (χ0n) is 13.8. The number of anilines is 1. The van der Waals surface area contributed by atoms with Gasteiger partial charge in [-0.3, -0.25) is 19.7 Å². The number of para-hydroxylation sites is 1. The van der Waals surface area contributed by atoms with E-state index in [0.29, 0.717) is 11.3 Å². The van der Waals surface area contributed by atoms with E-state index < -0.39 is 22.9 Å². The largest absolute Gasteiger partial charge is 0.452 e. The summed E-state index contributed by atoms with van der Waals surface area (Å²) in [5.41, 5.74) is 0.934. The third-order valence-electron chi connectivity index (χ3n) is 3.48. The highest BCUT2D eigenvalue weighted by Gasteiger charge is 2.21. The molecule has 0 aliphatic rings. The van der Waals surface area contributed by atoms with E-state index in [1.165, 1.54) is 25.1 Å². The normalized spacial score (nSPS) is 11.1.